The normalized spacial score (nSPS) is 43.4. The van der Waals surface area contributed by atoms with Crippen LogP contribution in [0.25, 0.3) is 0 Å². The Morgan fingerprint density at radius 3 is 2.34 bits per heavy atom. The molecule has 3 fully saturated rings. The molecule has 0 spiro atoms. The Morgan fingerprint density at radius 2 is 1.69 bits per heavy atom. The Labute approximate surface area is 181 Å². The van der Waals surface area contributed by atoms with Gasteiger partial charge in [-0.3, -0.25) is 0 Å². The standard InChI is InChI=1S/C27H46OSi/c1-7-20-12-14-24-23-13-11-21-19-22(28-29(8-2,9-3)10-4)15-17-27(21,6)25(23)16-18-26(20,24)5/h7,19,21,23-25H,8-18H2,1-6H3/b20-7+/t21?,23?,24?,25?,26-,27+/m0/s1. The van der Waals surface area contributed by atoms with Crippen LogP contribution in [0.15, 0.2) is 23.5 Å². The second kappa shape index (κ2) is 7.88. The average Bonchev–Trinajstić information content (AvgIpc) is 3.08. The fourth-order valence-corrected chi connectivity index (χ4v) is 11.1. The third-order valence-electron chi connectivity index (χ3n) is 10.7. The predicted octanol–water partition coefficient (Wildman–Crippen LogP) is 8.49. The van der Waals surface area contributed by atoms with Crippen molar-refractivity contribution in [1.29, 1.82) is 0 Å². The van der Waals surface area contributed by atoms with E-state index in [-0.39, 0.29) is 0 Å². The number of allylic oxidation sites excluding steroid dienone is 4. The summed E-state index contributed by atoms with van der Waals surface area (Å²) in [5, 5.41) is 0. The maximum Gasteiger partial charge on any atom is 0.250 e. The molecule has 0 aromatic rings. The summed E-state index contributed by atoms with van der Waals surface area (Å²) in [6.07, 6.45) is 16.3. The molecule has 0 aliphatic heterocycles. The van der Waals surface area contributed by atoms with Gasteiger partial charge >= 0.3 is 0 Å². The molecule has 29 heavy (non-hydrogen) atoms. The zero-order valence-electron chi connectivity index (χ0n) is 20.2. The maximum atomic E-state index is 6.86. The van der Waals surface area contributed by atoms with Gasteiger partial charge in [0.25, 0.3) is 0 Å². The quantitative estimate of drug-likeness (QED) is 0.323. The summed E-state index contributed by atoms with van der Waals surface area (Å²) in [5.41, 5.74) is 2.82. The fraction of sp³-hybridized carbons (Fsp3) is 0.852. The molecule has 0 aromatic heterocycles. The second-order valence-corrected chi connectivity index (χ2v) is 16.0. The molecule has 4 aliphatic carbocycles. The molecule has 0 N–H and O–H groups in total. The minimum absolute atomic E-state index is 0.519. The molecule has 0 radical (unpaired) electrons. The molecular formula is C27H46OSi. The van der Waals surface area contributed by atoms with Gasteiger partial charge in [-0.2, -0.15) is 0 Å². The number of rotatable bonds is 5. The molecule has 4 rings (SSSR count). The molecule has 0 heterocycles. The topological polar surface area (TPSA) is 9.23 Å². The molecule has 6 atom stereocenters. The average molecular weight is 415 g/mol. The minimum Gasteiger partial charge on any atom is -0.547 e. The second-order valence-electron chi connectivity index (χ2n) is 11.4. The van der Waals surface area contributed by atoms with E-state index in [1.807, 2.05) is 0 Å². The van der Waals surface area contributed by atoms with E-state index in [2.05, 4.69) is 53.7 Å². The van der Waals surface area contributed by atoms with E-state index in [9.17, 15) is 0 Å². The van der Waals surface area contributed by atoms with Crippen molar-refractivity contribution in [3.8, 4) is 0 Å². The van der Waals surface area contributed by atoms with E-state index in [0.717, 1.165) is 23.7 Å². The van der Waals surface area contributed by atoms with E-state index >= 15 is 0 Å². The van der Waals surface area contributed by atoms with Crippen molar-refractivity contribution in [1.82, 2.24) is 0 Å². The first-order chi connectivity index (χ1) is 13.9. The summed E-state index contributed by atoms with van der Waals surface area (Å²) in [7, 11) is -1.53. The van der Waals surface area contributed by atoms with Crippen molar-refractivity contribution in [3.63, 3.8) is 0 Å². The van der Waals surface area contributed by atoms with E-state index in [4.69, 9.17) is 4.43 Å². The summed E-state index contributed by atoms with van der Waals surface area (Å²) in [6, 6.07) is 3.78. The van der Waals surface area contributed by atoms with Gasteiger partial charge in [-0.25, -0.2) is 0 Å². The lowest BCUT2D eigenvalue weighted by Gasteiger charge is -2.59. The van der Waals surface area contributed by atoms with Gasteiger partial charge in [-0.05, 0) is 111 Å². The van der Waals surface area contributed by atoms with Crippen LogP contribution in [0.1, 0.15) is 92.9 Å². The first-order valence-corrected chi connectivity index (χ1v) is 15.4. The highest BCUT2D eigenvalue weighted by molar-refractivity contribution is 6.73. The van der Waals surface area contributed by atoms with Crippen molar-refractivity contribution < 1.29 is 4.43 Å². The van der Waals surface area contributed by atoms with Crippen LogP contribution < -0.4 is 0 Å². The fourth-order valence-electron chi connectivity index (χ4n) is 8.48. The van der Waals surface area contributed by atoms with Crippen LogP contribution in [0.4, 0.5) is 0 Å². The van der Waals surface area contributed by atoms with Gasteiger partial charge in [0.05, 0.1) is 5.76 Å². The molecule has 0 saturated heterocycles. The predicted molar refractivity (Wildman–Crippen MR) is 127 cm³/mol. The van der Waals surface area contributed by atoms with Crippen LogP contribution >= 0.6 is 0 Å². The molecule has 0 amide bonds. The summed E-state index contributed by atoms with van der Waals surface area (Å²) >= 11 is 0. The lowest BCUT2D eigenvalue weighted by molar-refractivity contribution is -0.0768. The van der Waals surface area contributed by atoms with Gasteiger partial charge in [-0.1, -0.05) is 46.3 Å². The van der Waals surface area contributed by atoms with Crippen LogP contribution in [0.2, 0.25) is 18.1 Å². The van der Waals surface area contributed by atoms with Gasteiger partial charge in [0.15, 0.2) is 0 Å². The highest BCUT2D eigenvalue weighted by atomic mass is 28.4. The van der Waals surface area contributed by atoms with Crippen LogP contribution in [0, 0.1) is 34.5 Å². The summed E-state index contributed by atoms with van der Waals surface area (Å²) < 4.78 is 6.86. The van der Waals surface area contributed by atoms with Gasteiger partial charge < -0.3 is 4.43 Å². The number of hydrogen-bond acceptors (Lipinski definition) is 1. The zero-order valence-corrected chi connectivity index (χ0v) is 21.2. The third kappa shape index (κ3) is 3.31. The largest absolute Gasteiger partial charge is 0.547 e. The van der Waals surface area contributed by atoms with Crippen LogP contribution in [0.5, 0.6) is 0 Å². The van der Waals surface area contributed by atoms with Crippen molar-refractivity contribution >= 4 is 8.32 Å². The lowest BCUT2D eigenvalue weighted by Crippen LogP contribution is -2.51. The number of hydrogen-bond donors (Lipinski definition) is 0. The first kappa shape index (κ1) is 21.7. The van der Waals surface area contributed by atoms with Crippen molar-refractivity contribution in [2.45, 2.75) is 111 Å². The van der Waals surface area contributed by atoms with Crippen LogP contribution in [0.3, 0.4) is 0 Å². The Morgan fingerprint density at radius 1 is 0.966 bits per heavy atom. The summed E-state index contributed by atoms with van der Waals surface area (Å²) in [5.74, 6) is 5.02. The lowest BCUT2D eigenvalue weighted by atomic mass is 9.46. The minimum atomic E-state index is -1.53. The molecular weight excluding hydrogens is 368 g/mol. The Hall–Kier alpha value is -0.503. The molecule has 4 unspecified atom stereocenters. The Bertz CT molecular complexity index is 666. The van der Waals surface area contributed by atoms with Gasteiger partial charge in [0, 0.05) is 6.42 Å². The van der Waals surface area contributed by atoms with E-state index < -0.39 is 8.32 Å². The molecule has 0 aromatic carbocycles. The van der Waals surface area contributed by atoms with Crippen LogP contribution in [-0.2, 0) is 4.43 Å². The van der Waals surface area contributed by atoms with E-state index in [1.165, 1.54) is 75.3 Å². The van der Waals surface area contributed by atoms with Crippen LogP contribution in [-0.4, -0.2) is 8.32 Å². The number of fused-ring (bicyclic) bond motifs is 5. The van der Waals surface area contributed by atoms with Crippen molar-refractivity contribution in [2.75, 3.05) is 0 Å². The van der Waals surface area contributed by atoms with Crippen molar-refractivity contribution in [2.24, 2.45) is 34.5 Å². The Kier molecular flexibility index (Phi) is 5.90. The molecule has 164 valence electrons. The SMILES string of the molecule is C/C=C1\CCC2C3CCC4C=C(O[Si](CC)(CC)CC)CC[C@@]4(C)C3CC[C@@]12C. The third-order valence-corrected chi connectivity index (χ3v) is 15.3. The molecule has 3 saturated carbocycles. The Balaban J connectivity index is 1.55. The molecule has 0 bridgehead atoms. The van der Waals surface area contributed by atoms with E-state index in [0.29, 0.717) is 10.8 Å². The monoisotopic (exact) mass is 414 g/mol. The summed E-state index contributed by atoms with van der Waals surface area (Å²) in [4.78, 5) is 0. The highest BCUT2D eigenvalue weighted by Crippen LogP contribution is 2.67. The molecule has 2 heteroatoms. The summed E-state index contributed by atoms with van der Waals surface area (Å²) in [6.45, 7) is 14.6. The van der Waals surface area contributed by atoms with Gasteiger partial charge in [-0.15, -0.1) is 0 Å². The van der Waals surface area contributed by atoms with Gasteiger partial charge in [0.2, 0.25) is 8.32 Å². The molecule has 4 aliphatic rings. The first-order valence-electron chi connectivity index (χ1n) is 12.9. The maximum absolute atomic E-state index is 6.86. The highest BCUT2D eigenvalue weighted by Gasteiger charge is 2.58. The van der Waals surface area contributed by atoms with Gasteiger partial charge in [0.1, 0.15) is 0 Å². The smallest absolute Gasteiger partial charge is 0.250 e. The molecule has 1 nitrogen and oxygen atoms in total. The van der Waals surface area contributed by atoms with Crippen molar-refractivity contribution in [3.05, 3.63) is 23.5 Å². The van der Waals surface area contributed by atoms with E-state index in [1.54, 1.807) is 5.57 Å². The zero-order chi connectivity index (χ0) is 20.9.